The van der Waals surface area contributed by atoms with Crippen LogP contribution in [0, 0.1) is 0 Å². The number of likely N-dealkylation sites (N-methyl/N-ethyl adjacent to an activating group) is 1. The summed E-state index contributed by atoms with van der Waals surface area (Å²) in [6, 6.07) is 5.96. The van der Waals surface area contributed by atoms with Crippen LogP contribution in [-0.2, 0) is 13.0 Å². The minimum absolute atomic E-state index is 0.0333. The molecule has 1 unspecified atom stereocenters. The highest BCUT2D eigenvalue weighted by molar-refractivity contribution is 5.94. The van der Waals surface area contributed by atoms with E-state index in [2.05, 4.69) is 27.1 Å². The number of hydrogen-bond acceptors (Lipinski definition) is 4. The van der Waals surface area contributed by atoms with Crippen molar-refractivity contribution < 1.29 is 4.79 Å². The third-order valence-electron chi connectivity index (χ3n) is 4.87. The van der Waals surface area contributed by atoms with E-state index < -0.39 is 0 Å². The fourth-order valence-corrected chi connectivity index (χ4v) is 3.63. The SMILES string of the molecule is CN1CCc2[nH]nc(C(=O)N3CCCC3c3ccccn3)c2C1. The van der Waals surface area contributed by atoms with E-state index in [1.54, 1.807) is 6.20 Å². The zero-order chi connectivity index (χ0) is 15.8. The van der Waals surface area contributed by atoms with E-state index >= 15 is 0 Å². The van der Waals surface area contributed by atoms with Gasteiger partial charge in [-0.2, -0.15) is 5.10 Å². The van der Waals surface area contributed by atoms with E-state index in [1.165, 1.54) is 0 Å². The van der Waals surface area contributed by atoms with Gasteiger partial charge in [-0.25, -0.2) is 0 Å². The standard InChI is InChI=1S/C17H21N5O/c1-21-10-7-13-12(11-21)16(20-19-13)17(23)22-9-4-6-15(22)14-5-2-3-8-18-14/h2-3,5,8,15H,4,6-7,9-11H2,1H3,(H,19,20). The van der Waals surface area contributed by atoms with Gasteiger partial charge in [0.2, 0.25) is 0 Å². The topological polar surface area (TPSA) is 65.1 Å². The molecule has 23 heavy (non-hydrogen) atoms. The van der Waals surface area contributed by atoms with Crippen molar-refractivity contribution in [2.24, 2.45) is 0 Å². The van der Waals surface area contributed by atoms with Crippen LogP contribution in [0.1, 0.15) is 46.3 Å². The molecule has 2 aliphatic heterocycles. The molecule has 4 rings (SSSR count). The Kier molecular flexibility index (Phi) is 3.61. The number of likely N-dealkylation sites (tertiary alicyclic amines) is 1. The van der Waals surface area contributed by atoms with Crippen LogP contribution >= 0.6 is 0 Å². The maximum absolute atomic E-state index is 13.1. The number of fused-ring (bicyclic) bond motifs is 1. The molecule has 1 N–H and O–H groups in total. The highest BCUT2D eigenvalue weighted by Gasteiger charge is 2.34. The number of aromatic amines is 1. The minimum atomic E-state index is 0.0333. The molecule has 1 atom stereocenters. The molecule has 2 aromatic heterocycles. The lowest BCUT2D eigenvalue weighted by atomic mass is 10.0. The molecule has 0 bridgehead atoms. The molecule has 4 heterocycles. The fraction of sp³-hybridized carbons (Fsp3) is 0.471. The molecular formula is C17H21N5O. The first-order valence-corrected chi connectivity index (χ1v) is 8.20. The van der Waals surface area contributed by atoms with Gasteiger partial charge in [-0.15, -0.1) is 0 Å². The molecule has 120 valence electrons. The molecule has 0 radical (unpaired) electrons. The van der Waals surface area contributed by atoms with Crippen LogP contribution in [0.5, 0.6) is 0 Å². The Bertz CT molecular complexity index is 711. The van der Waals surface area contributed by atoms with Gasteiger partial charge in [-0.3, -0.25) is 14.9 Å². The number of hydrogen-bond donors (Lipinski definition) is 1. The van der Waals surface area contributed by atoms with E-state index in [0.717, 1.165) is 55.8 Å². The maximum Gasteiger partial charge on any atom is 0.275 e. The third kappa shape index (κ3) is 2.53. The van der Waals surface area contributed by atoms with Gasteiger partial charge in [-0.05, 0) is 32.0 Å². The van der Waals surface area contributed by atoms with E-state index in [0.29, 0.717) is 5.69 Å². The van der Waals surface area contributed by atoms with Crippen molar-refractivity contribution in [2.75, 3.05) is 20.1 Å². The second-order valence-corrected chi connectivity index (χ2v) is 6.43. The zero-order valence-electron chi connectivity index (χ0n) is 13.3. The first-order chi connectivity index (χ1) is 11.2. The van der Waals surface area contributed by atoms with Crippen molar-refractivity contribution in [3.63, 3.8) is 0 Å². The number of carbonyl (C=O) groups excluding carboxylic acids is 1. The van der Waals surface area contributed by atoms with Crippen LogP contribution in [0.25, 0.3) is 0 Å². The van der Waals surface area contributed by atoms with E-state index in [-0.39, 0.29) is 11.9 Å². The largest absolute Gasteiger partial charge is 0.329 e. The van der Waals surface area contributed by atoms with Crippen molar-refractivity contribution in [1.82, 2.24) is 25.0 Å². The van der Waals surface area contributed by atoms with Gasteiger partial charge in [0.25, 0.3) is 5.91 Å². The summed E-state index contributed by atoms with van der Waals surface area (Å²) in [6.07, 6.45) is 4.70. The van der Waals surface area contributed by atoms with Gasteiger partial charge in [0.15, 0.2) is 5.69 Å². The fourth-order valence-electron chi connectivity index (χ4n) is 3.63. The highest BCUT2D eigenvalue weighted by atomic mass is 16.2. The summed E-state index contributed by atoms with van der Waals surface area (Å²) in [5.41, 5.74) is 3.74. The van der Waals surface area contributed by atoms with Crippen LogP contribution in [0.15, 0.2) is 24.4 Å². The summed E-state index contributed by atoms with van der Waals surface area (Å²) in [7, 11) is 2.08. The summed E-state index contributed by atoms with van der Waals surface area (Å²) in [6.45, 7) is 2.57. The molecular weight excluding hydrogens is 290 g/mol. The smallest absolute Gasteiger partial charge is 0.275 e. The minimum Gasteiger partial charge on any atom is -0.329 e. The number of carbonyl (C=O) groups is 1. The van der Waals surface area contributed by atoms with Crippen molar-refractivity contribution in [2.45, 2.75) is 31.8 Å². The van der Waals surface area contributed by atoms with Gasteiger partial charge >= 0.3 is 0 Å². The van der Waals surface area contributed by atoms with Gasteiger partial charge in [0.1, 0.15) is 0 Å². The quantitative estimate of drug-likeness (QED) is 0.918. The number of nitrogens with zero attached hydrogens (tertiary/aromatic N) is 4. The van der Waals surface area contributed by atoms with Crippen molar-refractivity contribution in [3.8, 4) is 0 Å². The van der Waals surface area contributed by atoms with Crippen molar-refractivity contribution in [1.29, 1.82) is 0 Å². The van der Waals surface area contributed by atoms with Gasteiger partial charge in [-0.1, -0.05) is 6.07 Å². The number of amides is 1. The Morgan fingerprint density at radius 3 is 3.09 bits per heavy atom. The van der Waals surface area contributed by atoms with Gasteiger partial charge < -0.3 is 9.80 Å². The zero-order valence-corrected chi connectivity index (χ0v) is 13.3. The van der Waals surface area contributed by atoms with E-state index in [1.807, 2.05) is 23.1 Å². The lowest BCUT2D eigenvalue weighted by Gasteiger charge is -2.26. The second kappa shape index (κ2) is 5.77. The molecule has 0 saturated carbocycles. The average Bonchev–Trinajstić information content (AvgIpc) is 3.21. The normalized spacial score (nSPS) is 21.4. The van der Waals surface area contributed by atoms with E-state index in [9.17, 15) is 4.79 Å². The summed E-state index contributed by atoms with van der Waals surface area (Å²) in [5.74, 6) is 0.0333. The number of H-pyrrole nitrogens is 1. The molecule has 6 nitrogen and oxygen atoms in total. The molecule has 0 aromatic carbocycles. The first kappa shape index (κ1) is 14.4. The monoisotopic (exact) mass is 311 g/mol. The van der Waals surface area contributed by atoms with Crippen LogP contribution in [0.4, 0.5) is 0 Å². The molecule has 1 saturated heterocycles. The molecule has 1 fully saturated rings. The summed E-state index contributed by atoms with van der Waals surface area (Å²) < 4.78 is 0. The summed E-state index contributed by atoms with van der Waals surface area (Å²) in [5, 5.41) is 7.41. The number of rotatable bonds is 2. The third-order valence-corrected chi connectivity index (χ3v) is 4.87. The van der Waals surface area contributed by atoms with Crippen molar-refractivity contribution in [3.05, 3.63) is 47.0 Å². The Balaban J connectivity index is 1.63. The first-order valence-electron chi connectivity index (χ1n) is 8.20. The Labute approximate surface area is 135 Å². The van der Waals surface area contributed by atoms with Crippen LogP contribution in [0.2, 0.25) is 0 Å². The molecule has 0 spiro atoms. The Morgan fingerprint density at radius 2 is 2.26 bits per heavy atom. The number of pyridine rings is 1. The molecule has 2 aromatic rings. The number of aromatic nitrogens is 3. The van der Waals surface area contributed by atoms with Crippen LogP contribution in [0.3, 0.4) is 0 Å². The molecule has 6 heteroatoms. The second-order valence-electron chi connectivity index (χ2n) is 6.43. The predicted octanol–water partition coefficient (Wildman–Crippen LogP) is 1.77. The van der Waals surface area contributed by atoms with Gasteiger partial charge in [0, 0.05) is 43.5 Å². The maximum atomic E-state index is 13.1. The predicted molar refractivity (Wildman–Crippen MR) is 85.9 cm³/mol. The molecule has 0 aliphatic carbocycles. The lowest BCUT2D eigenvalue weighted by molar-refractivity contribution is 0.0724. The Morgan fingerprint density at radius 1 is 1.35 bits per heavy atom. The highest BCUT2D eigenvalue weighted by Crippen LogP contribution is 2.32. The molecule has 1 amide bonds. The average molecular weight is 311 g/mol. The van der Waals surface area contributed by atoms with Crippen LogP contribution < -0.4 is 0 Å². The molecule has 2 aliphatic rings. The lowest BCUT2D eigenvalue weighted by Crippen LogP contribution is -2.33. The van der Waals surface area contributed by atoms with Gasteiger partial charge in [0.05, 0.1) is 11.7 Å². The van der Waals surface area contributed by atoms with Crippen LogP contribution in [-0.4, -0.2) is 51.0 Å². The Hall–Kier alpha value is -2.21. The number of nitrogens with one attached hydrogen (secondary N) is 1. The summed E-state index contributed by atoms with van der Waals surface area (Å²) in [4.78, 5) is 21.7. The van der Waals surface area contributed by atoms with Crippen molar-refractivity contribution >= 4 is 5.91 Å². The summed E-state index contributed by atoms with van der Waals surface area (Å²) >= 11 is 0. The van der Waals surface area contributed by atoms with E-state index in [4.69, 9.17) is 0 Å².